The van der Waals surface area contributed by atoms with Crippen molar-refractivity contribution in [3.05, 3.63) is 59.8 Å². The number of hydrogen-bond donors (Lipinski definition) is 3. The molecule has 0 aliphatic rings. The first-order valence-electron chi connectivity index (χ1n) is 7.43. The first kappa shape index (κ1) is 16.0. The number of rotatable bonds is 6. The quantitative estimate of drug-likeness (QED) is 0.596. The number of ether oxygens (including phenoxy) is 1. The van der Waals surface area contributed by atoms with E-state index in [0.29, 0.717) is 12.1 Å². The topological polar surface area (TPSA) is 84.0 Å². The second-order valence-corrected chi connectivity index (χ2v) is 6.20. The highest BCUT2D eigenvalue weighted by atomic mass is 32.1. The van der Waals surface area contributed by atoms with Gasteiger partial charge in [0, 0.05) is 24.5 Å². The molecule has 0 atom stereocenters. The fourth-order valence-corrected chi connectivity index (χ4v) is 3.27. The molecule has 3 aromatic rings. The third-order valence-electron chi connectivity index (χ3n) is 3.63. The van der Waals surface area contributed by atoms with Crippen molar-refractivity contribution in [2.75, 3.05) is 12.4 Å². The molecule has 0 bridgehead atoms. The van der Waals surface area contributed by atoms with Crippen molar-refractivity contribution in [3.8, 4) is 5.75 Å². The summed E-state index contributed by atoms with van der Waals surface area (Å²) < 4.78 is 6.29. The molecule has 122 valence electrons. The first-order valence-corrected chi connectivity index (χ1v) is 8.25. The van der Waals surface area contributed by atoms with Crippen molar-refractivity contribution in [1.29, 1.82) is 5.41 Å². The van der Waals surface area contributed by atoms with Gasteiger partial charge in [-0.1, -0.05) is 29.5 Å². The van der Waals surface area contributed by atoms with Gasteiger partial charge < -0.3 is 21.2 Å². The molecular formula is C18H18N4OS. The number of nitrogens with two attached hydrogens (primary N) is 1. The molecule has 0 aliphatic carbocycles. The molecule has 0 spiro atoms. The number of nitrogens with one attached hydrogen (secondary N) is 2. The van der Waals surface area contributed by atoms with E-state index in [1.165, 1.54) is 12.4 Å². The second kappa shape index (κ2) is 7.14. The second-order valence-electron chi connectivity index (χ2n) is 5.17. The highest BCUT2D eigenvalue weighted by Crippen LogP contribution is 2.29. The molecule has 2 aromatic carbocycles. The summed E-state index contributed by atoms with van der Waals surface area (Å²) in [4.78, 5) is 4.59. The molecule has 0 unspecified atom stereocenters. The van der Waals surface area contributed by atoms with Crippen LogP contribution in [0.2, 0.25) is 0 Å². The summed E-state index contributed by atoms with van der Waals surface area (Å²) in [5.74, 6) is 0.844. The van der Waals surface area contributed by atoms with E-state index in [2.05, 4.69) is 10.3 Å². The normalized spacial score (nSPS) is 11.5. The maximum atomic E-state index is 7.40. The Morgan fingerprint density at radius 2 is 2.21 bits per heavy atom. The van der Waals surface area contributed by atoms with Gasteiger partial charge in [-0.15, -0.1) is 0 Å². The van der Waals surface area contributed by atoms with Crippen LogP contribution in [0.3, 0.4) is 0 Å². The Morgan fingerprint density at radius 1 is 1.33 bits per heavy atom. The van der Waals surface area contributed by atoms with Gasteiger partial charge in [0.1, 0.15) is 5.75 Å². The van der Waals surface area contributed by atoms with Crippen molar-refractivity contribution in [2.45, 2.75) is 6.54 Å². The summed E-state index contributed by atoms with van der Waals surface area (Å²) in [6, 6.07) is 13.8. The number of allylic oxidation sites excluding steroid dienone is 1. The van der Waals surface area contributed by atoms with Crippen LogP contribution in [-0.2, 0) is 6.54 Å². The smallest absolute Gasteiger partial charge is 0.184 e. The maximum Gasteiger partial charge on any atom is 0.184 e. The summed E-state index contributed by atoms with van der Waals surface area (Å²) in [5.41, 5.74) is 9.22. The third-order valence-corrected chi connectivity index (χ3v) is 4.61. The van der Waals surface area contributed by atoms with Gasteiger partial charge in [-0.05, 0) is 35.4 Å². The summed E-state index contributed by atoms with van der Waals surface area (Å²) in [6.45, 7) is 0.679. The van der Waals surface area contributed by atoms with Gasteiger partial charge in [0.2, 0.25) is 0 Å². The Morgan fingerprint density at radius 3 is 2.96 bits per heavy atom. The predicted molar refractivity (Wildman–Crippen MR) is 101 cm³/mol. The molecule has 1 aromatic heterocycles. The molecule has 1 heterocycles. The standard InChI is InChI=1S/C18H18N4OS/c1-23-15-4-2-3-12(7-15)11-21-18-22-16-6-5-13(8-17(16)24-18)14(9-19)10-20/h2-10,19H,11,20H2,1H3,(H,21,22)/b14-10+,19-9?. The number of anilines is 1. The van der Waals surface area contributed by atoms with Gasteiger partial charge >= 0.3 is 0 Å². The minimum Gasteiger partial charge on any atom is -0.497 e. The number of fused-ring (bicyclic) bond motifs is 1. The van der Waals surface area contributed by atoms with Crippen molar-refractivity contribution in [1.82, 2.24) is 4.98 Å². The summed E-state index contributed by atoms with van der Waals surface area (Å²) in [5, 5.41) is 11.6. The van der Waals surface area contributed by atoms with Crippen LogP contribution in [0.25, 0.3) is 15.8 Å². The van der Waals surface area contributed by atoms with Crippen LogP contribution in [0.5, 0.6) is 5.75 Å². The van der Waals surface area contributed by atoms with Crippen molar-refractivity contribution in [3.63, 3.8) is 0 Å². The van der Waals surface area contributed by atoms with Crippen LogP contribution >= 0.6 is 11.3 Å². The molecule has 24 heavy (non-hydrogen) atoms. The van der Waals surface area contributed by atoms with E-state index < -0.39 is 0 Å². The molecule has 4 N–H and O–H groups in total. The lowest BCUT2D eigenvalue weighted by molar-refractivity contribution is 0.414. The van der Waals surface area contributed by atoms with Crippen LogP contribution in [0.4, 0.5) is 5.13 Å². The molecule has 0 radical (unpaired) electrons. The Labute approximate surface area is 144 Å². The monoisotopic (exact) mass is 338 g/mol. The highest BCUT2D eigenvalue weighted by Gasteiger charge is 2.06. The molecule has 6 heteroatoms. The number of aromatic nitrogens is 1. The van der Waals surface area contributed by atoms with Crippen LogP contribution < -0.4 is 15.8 Å². The summed E-state index contributed by atoms with van der Waals surface area (Å²) in [7, 11) is 1.66. The maximum absolute atomic E-state index is 7.40. The summed E-state index contributed by atoms with van der Waals surface area (Å²) >= 11 is 1.58. The van der Waals surface area contributed by atoms with Crippen LogP contribution in [0, 0.1) is 5.41 Å². The lowest BCUT2D eigenvalue weighted by atomic mass is 10.1. The lowest BCUT2D eigenvalue weighted by Crippen LogP contribution is -1.98. The Balaban J connectivity index is 1.79. The number of hydrogen-bond acceptors (Lipinski definition) is 6. The van der Waals surface area contributed by atoms with Crippen molar-refractivity contribution >= 4 is 38.5 Å². The first-order chi connectivity index (χ1) is 11.7. The Bertz CT molecular complexity index is 901. The molecule has 0 aliphatic heterocycles. The van der Waals surface area contributed by atoms with Gasteiger partial charge in [0.25, 0.3) is 0 Å². The van der Waals surface area contributed by atoms with Gasteiger partial charge in [0.15, 0.2) is 5.13 Å². The third kappa shape index (κ3) is 3.38. The van der Waals surface area contributed by atoms with Gasteiger partial charge in [0.05, 0.1) is 17.3 Å². The number of methoxy groups -OCH3 is 1. The van der Waals surface area contributed by atoms with E-state index in [4.69, 9.17) is 15.9 Å². The molecule has 0 saturated heterocycles. The van der Waals surface area contributed by atoms with Gasteiger partial charge in [-0.25, -0.2) is 4.98 Å². The zero-order valence-electron chi connectivity index (χ0n) is 13.2. The predicted octanol–water partition coefficient (Wildman–Crippen LogP) is 3.87. The van der Waals surface area contributed by atoms with Crippen LogP contribution in [0.1, 0.15) is 11.1 Å². The van der Waals surface area contributed by atoms with E-state index in [-0.39, 0.29) is 0 Å². The van der Waals surface area contributed by atoms with E-state index in [1.54, 1.807) is 18.4 Å². The highest BCUT2D eigenvalue weighted by molar-refractivity contribution is 7.22. The molecule has 0 fully saturated rings. The van der Waals surface area contributed by atoms with Crippen molar-refractivity contribution < 1.29 is 4.74 Å². The SMILES string of the molecule is COc1cccc(CNc2nc3ccc(/C(C=N)=C/N)cc3s2)c1. The van der Waals surface area contributed by atoms with Gasteiger partial charge in [-0.3, -0.25) is 0 Å². The zero-order chi connectivity index (χ0) is 16.9. The average Bonchev–Trinajstić information content (AvgIpc) is 3.03. The molecule has 3 rings (SSSR count). The number of nitrogens with zero attached hydrogens (tertiary/aromatic N) is 1. The van der Waals surface area contributed by atoms with E-state index in [9.17, 15) is 0 Å². The fraction of sp³-hybridized carbons (Fsp3) is 0.111. The van der Waals surface area contributed by atoms with E-state index in [0.717, 1.165) is 32.2 Å². The fourth-order valence-electron chi connectivity index (χ4n) is 2.37. The van der Waals surface area contributed by atoms with Gasteiger partial charge in [-0.2, -0.15) is 0 Å². The molecule has 0 saturated carbocycles. The van der Waals surface area contributed by atoms with Crippen LogP contribution in [0.15, 0.2) is 48.7 Å². The average molecular weight is 338 g/mol. The largest absolute Gasteiger partial charge is 0.497 e. The zero-order valence-corrected chi connectivity index (χ0v) is 14.1. The lowest BCUT2D eigenvalue weighted by Gasteiger charge is -2.05. The minimum atomic E-state index is 0.679. The van der Waals surface area contributed by atoms with Crippen LogP contribution in [-0.4, -0.2) is 18.3 Å². The molecular weight excluding hydrogens is 320 g/mol. The Hall–Kier alpha value is -2.86. The molecule has 5 nitrogen and oxygen atoms in total. The van der Waals surface area contributed by atoms with Crippen molar-refractivity contribution in [2.24, 2.45) is 5.73 Å². The van der Waals surface area contributed by atoms with E-state index in [1.807, 2.05) is 42.5 Å². The minimum absolute atomic E-state index is 0.679. The molecule has 0 amide bonds. The summed E-state index contributed by atoms with van der Waals surface area (Å²) in [6.07, 6.45) is 2.70. The number of thiazole rings is 1. The number of benzene rings is 2. The van der Waals surface area contributed by atoms with E-state index >= 15 is 0 Å². The Kier molecular flexibility index (Phi) is 4.77.